The second kappa shape index (κ2) is 16.6. The number of hydrogen-bond acceptors (Lipinski definition) is 3. The average Bonchev–Trinajstić information content (AvgIpc) is 2.61. The summed E-state index contributed by atoms with van der Waals surface area (Å²) >= 11 is 0. The molecule has 0 saturated heterocycles. The molecule has 0 atom stereocenters. The highest BCUT2D eigenvalue weighted by Gasteiger charge is 1.98. The zero-order chi connectivity index (χ0) is 17.5. The van der Waals surface area contributed by atoms with Gasteiger partial charge in [0.05, 0.1) is 13.2 Å². The number of nitrogens with zero attached hydrogens (tertiary/aromatic N) is 1. The van der Waals surface area contributed by atoms with E-state index in [-0.39, 0.29) is 24.0 Å². The fourth-order valence-corrected chi connectivity index (χ4v) is 2.21. The molecule has 0 aliphatic heterocycles. The highest BCUT2D eigenvalue weighted by atomic mass is 127. The van der Waals surface area contributed by atoms with Crippen molar-refractivity contribution in [2.75, 3.05) is 46.6 Å². The molecular formula is C19H34IN3O2. The number of hydrogen-bond donors (Lipinski definition) is 2. The van der Waals surface area contributed by atoms with E-state index in [4.69, 9.17) is 9.47 Å². The van der Waals surface area contributed by atoms with Crippen LogP contribution in [-0.4, -0.2) is 52.5 Å². The van der Waals surface area contributed by atoms with Crippen LogP contribution in [0.5, 0.6) is 0 Å². The van der Waals surface area contributed by atoms with Crippen LogP contribution in [0.4, 0.5) is 0 Å². The summed E-state index contributed by atoms with van der Waals surface area (Å²) in [4.78, 5) is 4.57. The third kappa shape index (κ3) is 12.2. The van der Waals surface area contributed by atoms with Gasteiger partial charge in [-0.05, 0) is 37.3 Å². The summed E-state index contributed by atoms with van der Waals surface area (Å²) in [5.74, 6) is 0.875. The highest BCUT2D eigenvalue weighted by Crippen LogP contribution is 2.05. The Morgan fingerprint density at radius 2 is 1.72 bits per heavy atom. The number of nitrogens with one attached hydrogen (secondary N) is 2. The van der Waals surface area contributed by atoms with Crippen LogP contribution in [-0.2, 0) is 22.3 Å². The van der Waals surface area contributed by atoms with Gasteiger partial charge in [-0.3, -0.25) is 4.99 Å². The maximum absolute atomic E-state index is 5.44. The third-order valence-corrected chi connectivity index (χ3v) is 3.63. The number of rotatable bonds is 12. The van der Waals surface area contributed by atoms with Crippen LogP contribution in [0.1, 0.15) is 31.4 Å². The predicted octanol–water partition coefficient (Wildman–Crippen LogP) is 3.02. The summed E-state index contributed by atoms with van der Waals surface area (Å²) in [5, 5.41) is 6.66. The minimum Gasteiger partial charge on any atom is -0.382 e. The molecule has 0 unspecified atom stereocenters. The van der Waals surface area contributed by atoms with Crippen LogP contribution in [0.2, 0.25) is 0 Å². The topological polar surface area (TPSA) is 54.9 Å². The lowest BCUT2D eigenvalue weighted by atomic mass is 10.1. The largest absolute Gasteiger partial charge is 0.382 e. The number of guanidine groups is 1. The Morgan fingerprint density at radius 1 is 1.00 bits per heavy atom. The van der Waals surface area contributed by atoms with Gasteiger partial charge in [0.15, 0.2) is 5.96 Å². The van der Waals surface area contributed by atoms with Crippen molar-refractivity contribution >= 4 is 29.9 Å². The lowest BCUT2D eigenvalue weighted by Gasteiger charge is -2.11. The van der Waals surface area contributed by atoms with Crippen LogP contribution < -0.4 is 10.6 Å². The van der Waals surface area contributed by atoms with E-state index in [0.29, 0.717) is 13.2 Å². The van der Waals surface area contributed by atoms with Gasteiger partial charge in [-0.2, -0.15) is 0 Å². The molecule has 144 valence electrons. The zero-order valence-corrected chi connectivity index (χ0v) is 18.2. The molecule has 1 aromatic carbocycles. The van der Waals surface area contributed by atoms with Crippen molar-refractivity contribution in [3.63, 3.8) is 0 Å². The van der Waals surface area contributed by atoms with Crippen molar-refractivity contribution < 1.29 is 9.47 Å². The smallest absolute Gasteiger partial charge is 0.191 e. The van der Waals surface area contributed by atoms with Gasteiger partial charge in [0.25, 0.3) is 0 Å². The molecule has 0 aliphatic rings. The van der Waals surface area contributed by atoms with E-state index in [1.165, 1.54) is 11.1 Å². The SMILES string of the molecule is CCNC(=NCCCOCCOC)NCCc1ccc(CC)cc1.I. The highest BCUT2D eigenvalue weighted by molar-refractivity contribution is 14.0. The lowest BCUT2D eigenvalue weighted by molar-refractivity contribution is 0.0702. The van der Waals surface area contributed by atoms with Gasteiger partial charge in [-0.15, -0.1) is 24.0 Å². The minimum absolute atomic E-state index is 0. The molecular weight excluding hydrogens is 429 g/mol. The van der Waals surface area contributed by atoms with E-state index in [9.17, 15) is 0 Å². The zero-order valence-electron chi connectivity index (χ0n) is 15.8. The van der Waals surface area contributed by atoms with Crippen molar-refractivity contribution in [3.05, 3.63) is 35.4 Å². The van der Waals surface area contributed by atoms with Crippen LogP contribution in [0.3, 0.4) is 0 Å². The Kier molecular flexibility index (Phi) is 16.0. The molecule has 25 heavy (non-hydrogen) atoms. The molecule has 0 fully saturated rings. The number of aliphatic imine (C=N–C) groups is 1. The Hall–Kier alpha value is -0.860. The molecule has 0 radical (unpaired) electrons. The van der Waals surface area contributed by atoms with Crippen LogP contribution in [0.25, 0.3) is 0 Å². The minimum atomic E-state index is 0. The lowest BCUT2D eigenvalue weighted by Crippen LogP contribution is -2.38. The first-order valence-electron chi connectivity index (χ1n) is 8.96. The van der Waals surface area contributed by atoms with Gasteiger partial charge in [0.1, 0.15) is 0 Å². The summed E-state index contributed by atoms with van der Waals surface area (Å²) < 4.78 is 10.4. The Balaban J connectivity index is 0.00000576. The maximum atomic E-state index is 5.44. The Morgan fingerprint density at radius 3 is 2.36 bits per heavy atom. The maximum Gasteiger partial charge on any atom is 0.191 e. The molecule has 2 N–H and O–H groups in total. The first kappa shape index (κ1) is 24.1. The van der Waals surface area contributed by atoms with Crippen molar-refractivity contribution in [1.82, 2.24) is 10.6 Å². The third-order valence-electron chi connectivity index (χ3n) is 3.63. The molecule has 0 spiro atoms. The number of benzene rings is 1. The van der Waals surface area contributed by atoms with Crippen molar-refractivity contribution in [2.45, 2.75) is 33.1 Å². The first-order valence-corrected chi connectivity index (χ1v) is 8.96. The van der Waals surface area contributed by atoms with E-state index in [0.717, 1.165) is 51.5 Å². The molecule has 0 heterocycles. The second-order valence-corrected chi connectivity index (χ2v) is 5.57. The fourth-order valence-electron chi connectivity index (χ4n) is 2.21. The summed E-state index contributed by atoms with van der Waals surface area (Å²) in [5.41, 5.74) is 2.73. The number of aryl methyl sites for hydroxylation is 1. The molecule has 1 aromatic rings. The molecule has 6 heteroatoms. The number of halogens is 1. The second-order valence-electron chi connectivity index (χ2n) is 5.57. The van der Waals surface area contributed by atoms with Crippen molar-refractivity contribution in [2.24, 2.45) is 4.99 Å². The molecule has 0 aliphatic carbocycles. The number of methoxy groups -OCH3 is 1. The van der Waals surface area contributed by atoms with Gasteiger partial charge in [-0.1, -0.05) is 31.2 Å². The fraction of sp³-hybridized carbons (Fsp3) is 0.632. The molecule has 1 rings (SSSR count). The summed E-state index contributed by atoms with van der Waals surface area (Å²) in [6.07, 6.45) is 3.00. The van der Waals surface area contributed by atoms with Gasteiger partial charge >= 0.3 is 0 Å². The summed E-state index contributed by atoms with van der Waals surface area (Å²) in [6, 6.07) is 8.83. The number of ether oxygens (including phenoxy) is 2. The normalized spacial score (nSPS) is 11.1. The van der Waals surface area contributed by atoms with Crippen molar-refractivity contribution in [1.29, 1.82) is 0 Å². The van der Waals surface area contributed by atoms with Crippen LogP contribution in [0.15, 0.2) is 29.3 Å². The van der Waals surface area contributed by atoms with Gasteiger partial charge in [0, 0.05) is 33.4 Å². The van der Waals surface area contributed by atoms with Crippen LogP contribution in [0, 0.1) is 0 Å². The van der Waals surface area contributed by atoms with Gasteiger partial charge in [-0.25, -0.2) is 0 Å². The van der Waals surface area contributed by atoms with E-state index in [2.05, 4.69) is 53.7 Å². The van der Waals surface area contributed by atoms with E-state index in [1.54, 1.807) is 7.11 Å². The molecule has 0 bridgehead atoms. The predicted molar refractivity (Wildman–Crippen MR) is 116 cm³/mol. The summed E-state index contributed by atoms with van der Waals surface area (Å²) in [7, 11) is 1.68. The monoisotopic (exact) mass is 463 g/mol. The van der Waals surface area contributed by atoms with Crippen molar-refractivity contribution in [3.8, 4) is 0 Å². The molecule has 0 saturated carbocycles. The van der Waals surface area contributed by atoms with Gasteiger partial charge in [0.2, 0.25) is 0 Å². The molecule has 5 nitrogen and oxygen atoms in total. The van der Waals surface area contributed by atoms with E-state index < -0.39 is 0 Å². The molecule has 0 aromatic heterocycles. The Bertz CT molecular complexity index is 452. The van der Waals surface area contributed by atoms with Crippen LogP contribution >= 0.6 is 24.0 Å². The van der Waals surface area contributed by atoms with E-state index in [1.807, 2.05) is 0 Å². The summed E-state index contributed by atoms with van der Waals surface area (Å²) in [6.45, 7) is 8.77. The Labute approximate surface area is 170 Å². The standard InChI is InChI=1S/C19H33N3O2.HI/c1-4-17-7-9-18(10-8-17)11-13-22-19(20-5-2)21-12-6-14-24-16-15-23-3;/h7-10H,4-6,11-16H2,1-3H3,(H2,20,21,22);1H. The van der Waals surface area contributed by atoms with Gasteiger partial charge < -0.3 is 20.1 Å². The average molecular weight is 463 g/mol. The quantitative estimate of drug-likeness (QED) is 0.217. The molecule has 0 amide bonds. The first-order chi connectivity index (χ1) is 11.8. The van der Waals surface area contributed by atoms with E-state index >= 15 is 0 Å².